The number of carbonyl (C=O) groups is 2. The molecule has 0 bridgehead atoms. The molecule has 1 N–H and O–H groups in total. The van der Waals surface area contributed by atoms with Crippen molar-refractivity contribution in [3.63, 3.8) is 0 Å². The van der Waals surface area contributed by atoms with Gasteiger partial charge in [-0.1, -0.05) is 12.1 Å². The summed E-state index contributed by atoms with van der Waals surface area (Å²) in [5, 5.41) is 0. The number of imide groups is 1. The van der Waals surface area contributed by atoms with Crippen molar-refractivity contribution in [1.82, 2.24) is 9.88 Å². The molecule has 0 atom stereocenters. The van der Waals surface area contributed by atoms with Gasteiger partial charge in [0.05, 0.1) is 17.7 Å². The third-order valence-electron chi connectivity index (χ3n) is 3.04. The number of carbonyl (C=O) groups excluding carboxylic acids is 2. The van der Waals surface area contributed by atoms with E-state index in [4.69, 9.17) is 0 Å². The number of amides is 2. The average Bonchev–Trinajstić information content (AvgIpc) is 2.65. The van der Waals surface area contributed by atoms with Crippen LogP contribution in [0.3, 0.4) is 0 Å². The second-order valence-electron chi connectivity index (χ2n) is 4.29. The number of aromatic amines is 1. The van der Waals surface area contributed by atoms with Gasteiger partial charge >= 0.3 is 0 Å². The lowest BCUT2D eigenvalue weighted by Crippen LogP contribution is -2.29. The van der Waals surface area contributed by atoms with Crippen molar-refractivity contribution in [2.75, 3.05) is 0 Å². The SMILES string of the molecule is O=C1c2ccccc2C(=O)N1Cc1cc(=O)cc[nH]1. The number of hydrogen-bond donors (Lipinski definition) is 1. The molecule has 19 heavy (non-hydrogen) atoms. The average molecular weight is 254 g/mol. The number of fused-ring (bicyclic) bond motifs is 1. The second-order valence-corrected chi connectivity index (χ2v) is 4.29. The summed E-state index contributed by atoms with van der Waals surface area (Å²) in [6.07, 6.45) is 1.50. The molecule has 0 saturated carbocycles. The highest BCUT2D eigenvalue weighted by Crippen LogP contribution is 2.23. The van der Waals surface area contributed by atoms with Crippen LogP contribution in [0, 0.1) is 0 Å². The Morgan fingerprint density at radius 1 is 0.947 bits per heavy atom. The molecule has 3 rings (SSSR count). The second kappa shape index (κ2) is 4.20. The Morgan fingerprint density at radius 3 is 2.16 bits per heavy atom. The molecular formula is C14H10N2O3. The molecule has 2 amide bonds. The Kier molecular flexibility index (Phi) is 2.52. The molecule has 1 aliphatic rings. The Hall–Kier alpha value is -2.69. The molecule has 1 aromatic heterocycles. The zero-order valence-electron chi connectivity index (χ0n) is 9.92. The summed E-state index contributed by atoms with van der Waals surface area (Å²) in [6, 6.07) is 9.46. The Morgan fingerprint density at radius 2 is 1.58 bits per heavy atom. The molecular weight excluding hydrogens is 244 g/mol. The van der Waals surface area contributed by atoms with Crippen LogP contribution in [0.2, 0.25) is 0 Å². The number of benzene rings is 1. The highest BCUT2D eigenvalue weighted by molar-refractivity contribution is 6.21. The smallest absolute Gasteiger partial charge is 0.261 e. The molecule has 5 nitrogen and oxygen atoms in total. The lowest BCUT2D eigenvalue weighted by atomic mass is 10.1. The fourth-order valence-electron chi connectivity index (χ4n) is 2.14. The zero-order valence-corrected chi connectivity index (χ0v) is 9.92. The Labute approximate surface area is 108 Å². The summed E-state index contributed by atoms with van der Waals surface area (Å²) >= 11 is 0. The standard InChI is InChI=1S/C14H10N2O3/c17-10-5-6-15-9(7-10)8-16-13(18)11-3-1-2-4-12(11)14(16)19/h1-7H,8H2,(H,15,17). The van der Waals surface area contributed by atoms with Crippen LogP contribution in [-0.4, -0.2) is 21.7 Å². The van der Waals surface area contributed by atoms with Gasteiger partial charge in [-0.2, -0.15) is 0 Å². The number of nitrogens with one attached hydrogen (secondary N) is 1. The molecule has 0 spiro atoms. The van der Waals surface area contributed by atoms with E-state index in [9.17, 15) is 14.4 Å². The van der Waals surface area contributed by atoms with E-state index >= 15 is 0 Å². The van der Waals surface area contributed by atoms with Crippen molar-refractivity contribution in [3.8, 4) is 0 Å². The van der Waals surface area contributed by atoms with E-state index in [-0.39, 0.29) is 23.8 Å². The number of nitrogens with zero attached hydrogens (tertiary/aromatic N) is 1. The maximum Gasteiger partial charge on any atom is 0.261 e. The number of H-pyrrole nitrogens is 1. The normalized spacial score (nSPS) is 13.8. The van der Waals surface area contributed by atoms with Crippen LogP contribution in [0.25, 0.3) is 0 Å². The van der Waals surface area contributed by atoms with Crippen LogP contribution >= 0.6 is 0 Å². The lowest BCUT2D eigenvalue weighted by Gasteiger charge is -2.13. The predicted octanol–water partition coefficient (Wildman–Crippen LogP) is 1.17. The molecule has 0 fully saturated rings. The fourth-order valence-corrected chi connectivity index (χ4v) is 2.14. The van der Waals surface area contributed by atoms with Gasteiger partial charge in [0.1, 0.15) is 0 Å². The minimum absolute atomic E-state index is 0.0719. The van der Waals surface area contributed by atoms with Gasteiger partial charge in [0.2, 0.25) is 0 Å². The number of aromatic nitrogens is 1. The summed E-state index contributed by atoms with van der Waals surface area (Å²) in [5.74, 6) is -0.657. The largest absolute Gasteiger partial charge is 0.363 e. The number of pyridine rings is 1. The van der Waals surface area contributed by atoms with Gasteiger partial charge in [-0.3, -0.25) is 19.3 Å². The van der Waals surface area contributed by atoms with Crippen molar-refractivity contribution < 1.29 is 9.59 Å². The van der Waals surface area contributed by atoms with Crippen LogP contribution in [0.5, 0.6) is 0 Å². The summed E-state index contributed by atoms with van der Waals surface area (Å²) < 4.78 is 0. The van der Waals surface area contributed by atoms with Gasteiger partial charge in [0, 0.05) is 24.0 Å². The van der Waals surface area contributed by atoms with Crippen molar-refractivity contribution in [3.05, 3.63) is 69.6 Å². The fraction of sp³-hybridized carbons (Fsp3) is 0.0714. The van der Waals surface area contributed by atoms with E-state index in [1.165, 1.54) is 18.3 Å². The predicted molar refractivity (Wildman–Crippen MR) is 67.7 cm³/mol. The van der Waals surface area contributed by atoms with Gasteiger partial charge in [-0.25, -0.2) is 0 Å². The van der Waals surface area contributed by atoms with Gasteiger partial charge in [-0.05, 0) is 12.1 Å². The van der Waals surface area contributed by atoms with Crippen LogP contribution < -0.4 is 5.43 Å². The zero-order chi connectivity index (χ0) is 13.4. The lowest BCUT2D eigenvalue weighted by molar-refractivity contribution is 0.0640. The molecule has 2 heterocycles. The molecule has 5 heteroatoms. The quantitative estimate of drug-likeness (QED) is 0.818. The van der Waals surface area contributed by atoms with E-state index in [1.807, 2.05) is 0 Å². The Balaban J connectivity index is 1.95. The van der Waals surface area contributed by atoms with Gasteiger partial charge in [0.15, 0.2) is 5.43 Å². The maximum absolute atomic E-state index is 12.1. The van der Waals surface area contributed by atoms with Crippen molar-refractivity contribution >= 4 is 11.8 Å². The summed E-state index contributed by atoms with van der Waals surface area (Å²) in [4.78, 5) is 39.4. The minimum Gasteiger partial charge on any atom is -0.363 e. The first-order valence-electron chi connectivity index (χ1n) is 5.79. The highest BCUT2D eigenvalue weighted by Gasteiger charge is 2.35. The van der Waals surface area contributed by atoms with Gasteiger partial charge < -0.3 is 4.98 Å². The van der Waals surface area contributed by atoms with Crippen LogP contribution in [0.1, 0.15) is 26.4 Å². The number of rotatable bonds is 2. The van der Waals surface area contributed by atoms with Crippen LogP contribution in [-0.2, 0) is 6.54 Å². The molecule has 1 aromatic carbocycles. The molecule has 94 valence electrons. The highest BCUT2D eigenvalue weighted by atomic mass is 16.2. The maximum atomic E-state index is 12.1. The van der Waals surface area contributed by atoms with Gasteiger partial charge in [-0.15, -0.1) is 0 Å². The molecule has 0 unspecified atom stereocenters. The van der Waals surface area contributed by atoms with Crippen molar-refractivity contribution in [2.24, 2.45) is 0 Å². The van der Waals surface area contributed by atoms with E-state index in [0.717, 1.165) is 4.90 Å². The van der Waals surface area contributed by atoms with E-state index in [0.29, 0.717) is 16.8 Å². The summed E-state index contributed by atoms with van der Waals surface area (Å²) in [5.41, 5.74) is 1.18. The molecule has 0 radical (unpaired) electrons. The van der Waals surface area contributed by atoms with Gasteiger partial charge in [0.25, 0.3) is 11.8 Å². The van der Waals surface area contributed by atoms with Crippen molar-refractivity contribution in [1.29, 1.82) is 0 Å². The molecule has 2 aromatic rings. The third-order valence-corrected chi connectivity index (χ3v) is 3.04. The summed E-state index contributed by atoms with van der Waals surface area (Å²) in [7, 11) is 0. The number of hydrogen-bond acceptors (Lipinski definition) is 3. The molecule has 0 aliphatic carbocycles. The third kappa shape index (κ3) is 1.85. The van der Waals surface area contributed by atoms with E-state index in [1.54, 1.807) is 24.3 Å². The Bertz CT molecular complexity index is 698. The first kappa shape index (κ1) is 11.4. The first-order valence-corrected chi connectivity index (χ1v) is 5.79. The summed E-state index contributed by atoms with van der Waals surface area (Å²) in [6.45, 7) is 0.0719. The van der Waals surface area contributed by atoms with Crippen LogP contribution in [0.4, 0.5) is 0 Å². The monoisotopic (exact) mass is 254 g/mol. The topological polar surface area (TPSA) is 70.2 Å². The molecule has 0 saturated heterocycles. The van der Waals surface area contributed by atoms with Crippen molar-refractivity contribution in [2.45, 2.75) is 6.54 Å². The van der Waals surface area contributed by atoms with Crippen LogP contribution in [0.15, 0.2) is 47.4 Å². The van der Waals surface area contributed by atoms with E-state index in [2.05, 4.69) is 4.98 Å². The first-order chi connectivity index (χ1) is 9.16. The molecule has 1 aliphatic heterocycles. The van der Waals surface area contributed by atoms with E-state index < -0.39 is 0 Å². The minimum atomic E-state index is -0.328.